The Morgan fingerprint density at radius 3 is 2.41 bits per heavy atom. The molecule has 0 aromatic heterocycles. The predicted molar refractivity (Wildman–Crippen MR) is 119 cm³/mol. The molecule has 2 N–H and O–H groups in total. The number of likely N-dealkylation sites (tertiary alicyclic amines) is 1. The first-order chi connectivity index (χ1) is 15.4. The smallest absolute Gasteiger partial charge is 0.329 e. The standard InChI is InChI=1S/C23H27N2O6P/c26-21(17-32(29,30)15-13-24-22(27)19-10-5-2-6-11-19)25-14-7-12-20(25)23(28)31-16-18-8-3-1-4-9-18/h1-6,8-11,20H,7,12-17H2,(H,24,27)(H,29,30)/t20-/m0/s1. The van der Waals surface area contributed by atoms with Gasteiger partial charge in [0.05, 0.1) is 0 Å². The van der Waals surface area contributed by atoms with E-state index in [2.05, 4.69) is 5.32 Å². The highest BCUT2D eigenvalue weighted by Gasteiger charge is 2.37. The number of hydrogen-bond acceptors (Lipinski definition) is 5. The monoisotopic (exact) mass is 458 g/mol. The second kappa shape index (κ2) is 11.1. The molecule has 32 heavy (non-hydrogen) atoms. The van der Waals surface area contributed by atoms with Crippen molar-refractivity contribution in [2.24, 2.45) is 0 Å². The molecule has 2 aromatic carbocycles. The number of carbonyl (C=O) groups excluding carboxylic acids is 3. The lowest BCUT2D eigenvalue weighted by molar-refractivity contribution is -0.154. The van der Waals surface area contributed by atoms with Crippen molar-refractivity contribution in [2.75, 3.05) is 25.4 Å². The third-order valence-electron chi connectivity index (χ3n) is 5.23. The molecule has 1 fully saturated rings. The van der Waals surface area contributed by atoms with E-state index in [1.807, 2.05) is 30.3 Å². The van der Waals surface area contributed by atoms with Crippen molar-refractivity contribution in [2.45, 2.75) is 25.5 Å². The zero-order valence-corrected chi connectivity index (χ0v) is 18.6. The number of rotatable bonds is 9. The lowest BCUT2D eigenvalue weighted by atomic mass is 10.2. The number of esters is 1. The van der Waals surface area contributed by atoms with Crippen LogP contribution in [0.3, 0.4) is 0 Å². The summed E-state index contributed by atoms with van der Waals surface area (Å²) in [6, 6.07) is 17.0. The summed E-state index contributed by atoms with van der Waals surface area (Å²) < 4.78 is 17.9. The van der Waals surface area contributed by atoms with Gasteiger partial charge >= 0.3 is 5.97 Å². The Morgan fingerprint density at radius 1 is 1.06 bits per heavy atom. The highest BCUT2D eigenvalue weighted by Crippen LogP contribution is 2.40. The van der Waals surface area contributed by atoms with Gasteiger partial charge in [-0.05, 0) is 30.5 Å². The summed E-state index contributed by atoms with van der Waals surface area (Å²) >= 11 is 0. The molecule has 2 aromatic rings. The fourth-order valence-electron chi connectivity index (χ4n) is 3.55. The van der Waals surface area contributed by atoms with Crippen molar-refractivity contribution in [3.63, 3.8) is 0 Å². The van der Waals surface area contributed by atoms with Gasteiger partial charge in [0.1, 0.15) is 18.8 Å². The fraction of sp³-hybridized carbons (Fsp3) is 0.348. The summed E-state index contributed by atoms with van der Waals surface area (Å²) in [5.41, 5.74) is 1.29. The lowest BCUT2D eigenvalue weighted by Gasteiger charge is -2.24. The molecule has 0 bridgehead atoms. The number of amides is 2. The van der Waals surface area contributed by atoms with Gasteiger partial charge in [-0.1, -0.05) is 48.5 Å². The van der Waals surface area contributed by atoms with E-state index in [-0.39, 0.29) is 25.2 Å². The summed E-state index contributed by atoms with van der Waals surface area (Å²) in [6.07, 6.45) is 0.285. The molecule has 0 radical (unpaired) electrons. The van der Waals surface area contributed by atoms with Gasteiger partial charge in [0.15, 0.2) is 0 Å². The number of carbonyl (C=O) groups is 3. The Balaban J connectivity index is 1.47. The van der Waals surface area contributed by atoms with E-state index in [1.165, 1.54) is 4.90 Å². The van der Waals surface area contributed by atoms with E-state index in [0.717, 1.165) is 5.56 Å². The van der Waals surface area contributed by atoms with Crippen LogP contribution in [0.4, 0.5) is 0 Å². The van der Waals surface area contributed by atoms with Gasteiger partial charge in [-0.3, -0.25) is 14.2 Å². The highest BCUT2D eigenvalue weighted by molar-refractivity contribution is 7.59. The summed E-state index contributed by atoms with van der Waals surface area (Å²) in [5.74, 6) is -1.41. The summed E-state index contributed by atoms with van der Waals surface area (Å²) in [6.45, 7) is 0.420. The first-order valence-electron chi connectivity index (χ1n) is 10.5. The highest BCUT2D eigenvalue weighted by atomic mass is 31.2. The van der Waals surface area contributed by atoms with Crippen molar-refractivity contribution >= 4 is 25.2 Å². The molecule has 2 atom stereocenters. The Hall–Kier alpha value is -2.96. The molecule has 1 aliphatic heterocycles. The summed E-state index contributed by atoms with van der Waals surface area (Å²) in [7, 11) is -3.83. The van der Waals surface area contributed by atoms with Crippen LogP contribution in [-0.4, -0.2) is 59.0 Å². The van der Waals surface area contributed by atoms with Gasteiger partial charge in [0, 0.05) is 24.8 Å². The van der Waals surface area contributed by atoms with Crippen molar-refractivity contribution in [3.05, 3.63) is 71.8 Å². The van der Waals surface area contributed by atoms with Crippen LogP contribution in [0.5, 0.6) is 0 Å². The van der Waals surface area contributed by atoms with Crippen molar-refractivity contribution < 1.29 is 28.6 Å². The molecule has 2 amide bonds. The van der Waals surface area contributed by atoms with Gasteiger partial charge in [0.25, 0.3) is 5.91 Å². The molecule has 8 nitrogen and oxygen atoms in total. The van der Waals surface area contributed by atoms with Crippen molar-refractivity contribution in [1.82, 2.24) is 10.2 Å². The predicted octanol–water partition coefficient (Wildman–Crippen LogP) is 2.42. The maximum atomic E-state index is 12.7. The topological polar surface area (TPSA) is 113 Å². The average molecular weight is 458 g/mol. The van der Waals surface area contributed by atoms with E-state index in [1.54, 1.807) is 30.3 Å². The van der Waals surface area contributed by atoms with Crippen LogP contribution in [0, 0.1) is 0 Å². The molecule has 1 heterocycles. The van der Waals surface area contributed by atoms with E-state index in [0.29, 0.717) is 24.9 Å². The normalized spacial score (nSPS) is 17.4. The van der Waals surface area contributed by atoms with Gasteiger partial charge < -0.3 is 19.8 Å². The third kappa shape index (κ3) is 6.77. The van der Waals surface area contributed by atoms with Crippen molar-refractivity contribution in [3.8, 4) is 0 Å². The van der Waals surface area contributed by atoms with Crippen LogP contribution in [0.1, 0.15) is 28.8 Å². The van der Waals surface area contributed by atoms with Crippen LogP contribution in [0.25, 0.3) is 0 Å². The first-order valence-corrected chi connectivity index (χ1v) is 12.5. The molecule has 0 aliphatic carbocycles. The molecule has 170 valence electrons. The van der Waals surface area contributed by atoms with E-state index in [4.69, 9.17) is 4.74 Å². The Labute approximate surface area is 187 Å². The zero-order valence-electron chi connectivity index (χ0n) is 17.7. The molecule has 1 unspecified atom stereocenters. The third-order valence-corrected chi connectivity index (χ3v) is 6.92. The fourth-order valence-corrected chi connectivity index (χ4v) is 4.78. The number of nitrogens with zero attached hydrogens (tertiary/aromatic N) is 1. The number of nitrogens with one attached hydrogen (secondary N) is 1. The number of benzene rings is 2. The zero-order chi connectivity index (χ0) is 23.0. The summed E-state index contributed by atoms with van der Waals surface area (Å²) in [5, 5.41) is 2.59. The minimum Gasteiger partial charge on any atom is -0.459 e. The maximum absolute atomic E-state index is 12.7. The van der Waals surface area contributed by atoms with Gasteiger partial charge in [-0.15, -0.1) is 0 Å². The van der Waals surface area contributed by atoms with E-state index in [9.17, 15) is 23.8 Å². The molecule has 1 saturated heterocycles. The quantitative estimate of drug-likeness (QED) is 0.441. The molecular weight excluding hydrogens is 431 g/mol. The SMILES string of the molecule is O=C(NCCP(=O)(O)CC(=O)N1CCC[C@H]1C(=O)OCc1ccccc1)c1ccccc1. The Morgan fingerprint density at radius 2 is 1.72 bits per heavy atom. The van der Waals surface area contributed by atoms with Crippen LogP contribution < -0.4 is 5.32 Å². The molecule has 1 aliphatic rings. The second-order valence-corrected chi connectivity index (χ2v) is 10.1. The summed E-state index contributed by atoms with van der Waals surface area (Å²) in [4.78, 5) is 48.8. The van der Waals surface area contributed by atoms with Crippen LogP contribution >= 0.6 is 7.37 Å². The van der Waals surface area contributed by atoms with Gasteiger partial charge in [-0.25, -0.2) is 4.79 Å². The Kier molecular flexibility index (Phi) is 8.20. The van der Waals surface area contributed by atoms with E-state index >= 15 is 0 Å². The minimum absolute atomic E-state index is 0.0304. The van der Waals surface area contributed by atoms with Gasteiger partial charge in [-0.2, -0.15) is 0 Å². The van der Waals surface area contributed by atoms with Crippen LogP contribution in [0.2, 0.25) is 0 Å². The lowest BCUT2D eigenvalue weighted by Crippen LogP contribution is -2.42. The largest absolute Gasteiger partial charge is 0.459 e. The van der Waals surface area contributed by atoms with Gasteiger partial charge in [0.2, 0.25) is 13.3 Å². The van der Waals surface area contributed by atoms with Crippen LogP contribution in [-0.2, 0) is 25.5 Å². The molecule has 0 spiro atoms. The first kappa shape index (κ1) is 23.7. The van der Waals surface area contributed by atoms with Crippen molar-refractivity contribution in [1.29, 1.82) is 0 Å². The average Bonchev–Trinajstić information content (AvgIpc) is 3.28. The molecule has 3 rings (SSSR count). The van der Waals surface area contributed by atoms with Crippen LogP contribution in [0.15, 0.2) is 60.7 Å². The molecular formula is C23H27N2O6P. The number of hydrogen-bond donors (Lipinski definition) is 2. The Bertz CT molecular complexity index is 982. The maximum Gasteiger partial charge on any atom is 0.329 e. The second-order valence-electron chi connectivity index (χ2n) is 7.69. The molecule has 9 heteroatoms. The number of ether oxygens (including phenoxy) is 1. The molecule has 0 saturated carbocycles. The minimum atomic E-state index is -3.83. The van der Waals surface area contributed by atoms with E-state index < -0.39 is 31.4 Å².